The molecule has 0 saturated carbocycles. The first-order valence-corrected chi connectivity index (χ1v) is 7.83. The molecule has 22 heavy (non-hydrogen) atoms. The summed E-state index contributed by atoms with van der Waals surface area (Å²) in [5.74, 6) is 1.55. The lowest BCUT2D eigenvalue weighted by molar-refractivity contribution is -0.143. The van der Waals surface area contributed by atoms with Crippen molar-refractivity contribution < 1.29 is 14.4 Å². The lowest BCUT2D eigenvalue weighted by Gasteiger charge is -2.31. The molecule has 0 bridgehead atoms. The molecule has 5 heteroatoms. The van der Waals surface area contributed by atoms with E-state index in [0.29, 0.717) is 12.3 Å². The Balaban J connectivity index is 1.62. The zero-order valence-corrected chi connectivity index (χ0v) is 13.1. The standard InChI is InChI=1S/C17H22N2O3/c1-12-6-8-19(9-7-12)17(20)16-11-15(18-22-16)13-4-3-5-14(10-13)21-2/h3-5,10,12,16H,6-9,11H2,1-2H3/t16-/m1/s1. The Morgan fingerprint density at radius 3 is 2.86 bits per heavy atom. The average molecular weight is 302 g/mol. The summed E-state index contributed by atoms with van der Waals surface area (Å²) >= 11 is 0. The van der Waals surface area contributed by atoms with Crippen molar-refractivity contribution in [2.45, 2.75) is 32.3 Å². The van der Waals surface area contributed by atoms with Crippen molar-refractivity contribution in [3.05, 3.63) is 29.8 Å². The fraction of sp³-hybridized carbons (Fsp3) is 0.529. The number of hydrogen-bond acceptors (Lipinski definition) is 4. The minimum atomic E-state index is -0.477. The van der Waals surface area contributed by atoms with Gasteiger partial charge in [-0.25, -0.2) is 0 Å². The van der Waals surface area contributed by atoms with Crippen molar-refractivity contribution >= 4 is 11.6 Å². The summed E-state index contributed by atoms with van der Waals surface area (Å²) in [6, 6.07) is 7.67. The number of carbonyl (C=O) groups is 1. The molecule has 1 aromatic rings. The molecule has 118 valence electrons. The maximum absolute atomic E-state index is 12.5. The first-order valence-electron chi connectivity index (χ1n) is 7.83. The second kappa shape index (κ2) is 6.38. The van der Waals surface area contributed by atoms with E-state index >= 15 is 0 Å². The van der Waals surface area contributed by atoms with Gasteiger partial charge in [0.1, 0.15) is 5.75 Å². The van der Waals surface area contributed by atoms with E-state index in [9.17, 15) is 4.79 Å². The maximum Gasteiger partial charge on any atom is 0.266 e. The summed E-state index contributed by atoms with van der Waals surface area (Å²) in [6.07, 6.45) is 2.19. The molecule has 0 spiro atoms. The predicted molar refractivity (Wildman–Crippen MR) is 84.0 cm³/mol. The SMILES string of the molecule is COc1cccc(C2=NO[C@@H](C(=O)N3CCC(C)CC3)C2)c1. The second-order valence-electron chi connectivity index (χ2n) is 6.08. The van der Waals surface area contributed by atoms with Gasteiger partial charge in [0.15, 0.2) is 0 Å². The fourth-order valence-electron chi connectivity index (χ4n) is 2.92. The average Bonchev–Trinajstić information content (AvgIpc) is 3.05. The molecule has 1 aromatic carbocycles. The Morgan fingerprint density at radius 1 is 1.36 bits per heavy atom. The number of carbonyl (C=O) groups excluding carboxylic acids is 1. The van der Waals surface area contributed by atoms with Crippen LogP contribution in [0.5, 0.6) is 5.75 Å². The highest BCUT2D eigenvalue weighted by Crippen LogP contribution is 2.23. The minimum absolute atomic E-state index is 0.0635. The lowest BCUT2D eigenvalue weighted by Crippen LogP contribution is -2.43. The van der Waals surface area contributed by atoms with Crippen molar-refractivity contribution in [2.24, 2.45) is 11.1 Å². The van der Waals surface area contributed by atoms with Gasteiger partial charge >= 0.3 is 0 Å². The number of amides is 1. The molecule has 2 heterocycles. The van der Waals surface area contributed by atoms with E-state index in [2.05, 4.69) is 12.1 Å². The first kappa shape index (κ1) is 14.9. The van der Waals surface area contributed by atoms with Gasteiger partial charge in [-0.15, -0.1) is 0 Å². The van der Waals surface area contributed by atoms with Gasteiger partial charge in [-0.1, -0.05) is 24.2 Å². The zero-order chi connectivity index (χ0) is 15.5. The highest BCUT2D eigenvalue weighted by Gasteiger charge is 2.33. The van der Waals surface area contributed by atoms with Crippen LogP contribution in [0.4, 0.5) is 0 Å². The molecule has 0 radical (unpaired) electrons. The second-order valence-corrected chi connectivity index (χ2v) is 6.08. The highest BCUT2D eigenvalue weighted by molar-refractivity contribution is 6.04. The smallest absolute Gasteiger partial charge is 0.266 e. The number of ether oxygens (including phenoxy) is 1. The number of nitrogens with zero attached hydrogens (tertiary/aromatic N) is 2. The predicted octanol–water partition coefficient (Wildman–Crippen LogP) is 2.45. The molecule has 5 nitrogen and oxygen atoms in total. The molecule has 1 amide bonds. The van der Waals surface area contributed by atoms with E-state index in [1.165, 1.54) is 0 Å². The summed E-state index contributed by atoms with van der Waals surface area (Å²) in [7, 11) is 1.63. The van der Waals surface area contributed by atoms with Crippen molar-refractivity contribution in [1.82, 2.24) is 4.90 Å². The molecular weight excluding hydrogens is 280 g/mol. The minimum Gasteiger partial charge on any atom is -0.497 e. The van der Waals surface area contributed by atoms with E-state index in [0.717, 1.165) is 43.0 Å². The third kappa shape index (κ3) is 3.08. The van der Waals surface area contributed by atoms with E-state index in [1.807, 2.05) is 29.2 Å². The number of oxime groups is 1. The molecular formula is C17H22N2O3. The molecule has 0 N–H and O–H groups in total. The maximum atomic E-state index is 12.5. The number of rotatable bonds is 3. The normalized spacial score (nSPS) is 22.2. The number of hydrogen-bond donors (Lipinski definition) is 0. The summed E-state index contributed by atoms with van der Waals surface area (Å²) < 4.78 is 5.22. The third-order valence-corrected chi connectivity index (χ3v) is 4.44. The molecule has 3 rings (SSSR count). The van der Waals surface area contributed by atoms with Crippen LogP contribution < -0.4 is 4.74 Å². The van der Waals surface area contributed by atoms with Crippen LogP contribution in [0.1, 0.15) is 31.7 Å². The van der Waals surface area contributed by atoms with Crippen molar-refractivity contribution in [1.29, 1.82) is 0 Å². The lowest BCUT2D eigenvalue weighted by atomic mass is 9.98. The molecule has 1 fully saturated rings. The van der Waals surface area contributed by atoms with E-state index in [1.54, 1.807) is 7.11 Å². The van der Waals surface area contributed by atoms with E-state index in [-0.39, 0.29) is 5.91 Å². The van der Waals surface area contributed by atoms with Crippen molar-refractivity contribution in [3.8, 4) is 5.75 Å². The van der Waals surface area contributed by atoms with Gasteiger partial charge in [0, 0.05) is 25.1 Å². The van der Waals surface area contributed by atoms with E-state index in [4.69, 9.17) is 9.57 Å². The number of benzene rings is 1. The highest BCUT2D eigenvalue weighted by atomic mass is 16.6. The van der Waals surface area contributed by atoms with Gasteiger partial charge in [0.25, 0.3) is 5.91 Å². The molecule has 0 unspecified atom stereocenters. The van der Waals surface area contributed by atoms with Crippen LogP contribution in [0, 0.1) is 5.92 Å². The Bertz CT molecular complexity index is 577. The summed E-state index contributed by atoms with van der Waals surface area (Å²) in [6.45, 7) is 3.89. The fourth-order valence-corrected chi connectivity index (χ4v) is 2.92. The molecule has 1 saturated heterocycles. The molecule has 2 aliphatic rings. The van der Waals surface area contributed by atoms with E-state index < -0.39 is 6.10 Å². The van der Waals surface area contributed by atoms with Gasteiger partial charge in [0.2, 0.25) is 6.10 Å². The first-order chi connectivity index (χ1) is 10.7. The number of likely N-dealkylation sites (tertiary alicyclic amines) is 1. The van der Waals surface area contributed by atoms with Crippen molar-refractivity contribution in [2.75, 3.05) is 20.2 Å². The van der Waals surface area contributed by atoms with Crippen LogP contribution in [0.3, 0.4) is 0 Å². The van der Waals surface area contributed by atoms with Crippen LogP contribution in [0.15, 0.2) is 29.4 Å². The Hall–Kier alpha value is -2.04. The van der Waals surface area contributed by atoms with Gasteiger partial charge in [-0.3, -0.25) is 4.79 Å². The quantitative estimate of drug-likeness (QED) is 0.862. The van der Waals surface area contributed by atoms with Crippen LogP contribution in [-0.2, 0) is 9.63 Å². The Morgan fingerprint density at radius 2 is 2.14 bits per heavy atom. The van der Waals surface area contributed by atoms with Crippen molar-refractivity contribution in [3.63, 3.8) is 0 Å². The molecule has 1 atom stereocenters. The molecule has 2 aliphatic heterocycles. The van der Waals surface area contributed by atoms with Gasteiger partial charge < -0.3 is 14.5 Å². The van der Waals surface area contributed by atoms with Gasteiger partial charge in [-0.2, -0.15) is 0 Å². The van der Waals surface area contributed by atoms with Gasteiger partial charge in [-0.05, 0) is 30.9 Å². The molecule has 0 aliphatic carbocycles. The topological polar surface area (TPSA) is 51.1 Å². The summed E-state index contributed by atoms with van der Waals surface area (Å²) in [5, 5.41) is 4.11. The summed E-state index contributed by atoms with van der Waals surface area (Å²) in [4.78, 5) is 19.8. The Labute approximate surface area is 130 Å². The summed E-state index contributed by atoms with van der Waals surface area (Å²) in [5.41, 5.74) is 1.75. The van der Waals surface area contributed by atoms with Crippen LogP contribution >= 0.6 is 0 Å². The van der Waals surface area contributed by atoms with Crippen LogP contribution in [-0.4, -0.2) is 42.8 Å². The monoisotopic (exact) mass is 302 g/mol. The van der Waals surface area contributed by atoms with Crippen LogP contribution in [0.2, 0.25) is 0 Å². The zero-order valence-electron chi connectivity index (χ0n) is 13.1. The largest absolute Gasteiger partial charge is 0.497 e. The number of methoxy groups -OCH3 is 1. The number of piperidine rings is 1. The van der Waals surface area contributed by atoms with Gasteiger partial charge in [0.05, 0.1) is 12.8 Å². The molecule has 0 aromatic heterocycles. The van der Waals surface area contributed by atoms with Crippen LogP contribution in [0.25, 0.3) is 0 Å². The Kier molecular flexibility index (Phi) is 4.32. The third-order valence-electron chi connectivity index (χ3n) is 4.44.